The quantitative estimate of drug-likeness (QED) is 0.770. The first-order chi connectivity index (χ1) is 11.8. The molecule has 1 heterocycles. The molecule has 1 amide bonds. The highest BCUT2D eigenvalue weighted by molar-refractivity contribution is 7.90. The summed E-state index contributed by atoms with van der Waals surface area (Å²) in [6.45, 7) is 1.92. The van der Waals surface area contributed by atoms with Crippen LogP contribution in [0, 0.1) is 6.92 Å². The van der Waals surface area contributed by atoms with Crippen LogP contribution >= 0.6 is 0 Å². The number of carbonyl (C=O) groups is 1. The lowest BCUT2D eigenvalue weighted by Crippen LogP contribution is -2.11. The molecule has 0 aliphatic rings. The molecule has 1 N–H and O–H groups in total. The Hall–Kier alpha value is -3.00. The highest BCUT2D eigenvalue weighted by Crippen LogP contribution is 2.27. The molecule has 0 unspecified atom stereocenters. The molecule has 0 aliphatic carbocycles. The minimum Gasteiger partial charge on any atom is -0.403 e. The lowest BCUT2D eigenvalue weighted by Gasteiger charge is -2.03. The summed E-state index contributed by atoms with van der Waals surface area (Å²) in [5.74, 6) is -0.383. The third-order valence-corrected chi connectivity index (χ3v) is 4.63. The number of benzene rings is 2. The first-order valence-electron chi connectivity index (χ1n) is 7.35. The molecule has 0 aliphatic heterocycles. The molecule has 128 valence electrons. The standard InChI is InChI=1S/C17H15N3O4S/c1-11-7-9-12(10-8-11)15(21)18-17-20-19-16(24-17)13-5-3-4-6-14(13)25(2,22)23/h3-10H,1-2H3,(H,18,20,21). The smallest absolute Gasteiger partial charge is 0.322 e. The van der Waals surface area contributed by atoms with Gasteiger partial charge in [-0.05, 0) is 31.2 Å². The van der Waals surface area contributed by atoms with Crippen LogP contribution in [0.15, 0.2) is 57.8 Å². The van der Waals surface area contributed by atoms with Crippen LogP contribution in [-0.2, 0) is 9.84 Å². The molecule has 0 spiro atoms. The van der Waals surface area contributed by atoms with E-state index in [9.17, 15) is 13.2 Å². The molecular weight excluding hydrogens is 342 g/mol. The molecule has 8 heteroatoms. The van der Waals surface area contributed by atoms with Crippen molar-refractivity contribution in [2.24, 2.45) is 0 Å². The van der Waals surface area contributed by atoms with Crippen LogP contribution in [0.3, 0.4) is 0 Å². The largest absolute Gasteiger partial charge is 0.403 e. The van der Waals surface area contributed by atoms with Crippen molar-refractivity contribution in [2.75, 3.05) is 11.6 Å². The SMILES string of the molecule is Cc1ccc(C(=O)Nc2nnc(-c3ccccc3S(C)(=O)=O)o2)cc1. The van der Waals surface area contributed by atoms with Gasteiger partial charge in [0.05, 0.1) is 10.5 Å². The summed E-state index contributed by atoms with van der Waals surface area (Å²) in [6.07, 6.45) is 1.10. The topological polar surface area (TPSA) is 102 Å². The van der Waals surface area contributed by atoms with Crippen molar-refractivity contribution in [3.05, 3.63) is 59.7 Å². The molecule has 0 radical (unpaired) electrons. The van der Waals surface area contributed by atoms with Gasteiger partial charge in [-0.25, -0.2) is 8.42 Å². The van der Waals surface area contributed by atoms with Crippen LogP contribution in [0.25, 0.3) is 11.5 Å². The summed E-state index contributed by atoms with van der Waals surface area (Å²) in [5, 5.41) is 10.1. The Morgan fingerprint density at radius 1 is 1.04 bits per heavy atom. The fraction of sp³-hybridized carbons (Fsp3) is 0.118. The van der Waals surface area contributed by atoms with E-state index in [1.54, 1.807) is 30.3 Å². The number of carbonyl (C=O) groups excluding carboxylic acids is 1. The second-order valence-corrected chi connectivity index (χ2v) is 7.48. The van der Waals surface area contributed by atoms with Gasteiger partial charge in [-0.2, -0.15) is 0 Å². The van der Waals surface area contributed by atoms with Crippen LogP contribution < -0.4 is 5.32 Å². The number of anilines is 1. The molecule has 3 rings (SSSR count). The van der Waals surface area contributed by atoms with Gasteiger partial charge in [0.2, 0.25) is 0 Å². The van der Waals surface area contributed by atoms with Crippen LogP contribution in [0.1, 0.15) is 15.9 Å². The zero-order valence-electron chi connectivity index (χ0n) is 13.6. The van der Waals surface area contributed by atoms with Gasteiger partial charge in [-0.1, -0.05) is 34.9 Å². The molecule has 0 saturated carbocycles. The Morgan fingerprint density at radius 3 is 2.40 bits per heavy atom. The summed E-state index contributed by atoms with van der Waals surface area (Å²) in [6, 6.07) is 13.2. The van der Waals surface area contributed by atoms with E-state index >= 15 is 0 Å². The third-order valence-electron chi connectivity index (χ3n) is 3.48. The Kier molecular flexibility index (Phi) is 4.37. The molecule has 25 heavy (non-hydrogen) atoms. The number of aryl methyl sites for hydroxylation is 1. The van der Waals surface area contributed by atoms with Crippen molar-refractivity contribution in [3.8, 4) is 11.5 Å². The van der Waals surface area contributed by atoms with Crippen molar-refractivity contribution >= 4 is 21.8 Å². The van der Waals surface area contributed by atoms with E-state index in [1.807, 2.05) is 19.1 Å². The maximum absolute atomic E-state index is 12.2. The third kappa shape index (κ3) is 3.74. The molecule has 0 saturated heterocycles. The molecular formula is C17H15N3O4S. The average Bonchev–Trinajstić information content (AvgIpc) is 3.03. The molecule has 7 nitrogen and oxygen atoms in total. The van der Waals surface area contributed by atoms with Gasteiger partial charge in [0, 0.05) is 11.8 Å². The number of aromatic nitrogens is 2. The second kappa shape index (κ2) is 6.48. The van der Waals surface area contributed by atoms with Crippen LogP contribution in [0.2, 0.25) is 0 Å². The normalized spacial score (nSPS) is 11.3. The first kappa shape index (κ1) is 16.8. The number of hydrogen-bond donors (Lipinski definition) is 1. The summed E-state index contributed by atoms with van der Waals surface area (Å²) in [7, 11) is -3.46. The lowest BCUT2D eigenvalue weighted by molar-refractivity contribution is 0.102. The highest BCUT2D eigenvalue weighted by atomic mass is 32.2. The molecule has 3 aromatic rings. The van der Waals surface area contributed by atoms with Crippen LogP contribution in [-0.4, -0.2) is 30.8 Å². The van der Waals surface area contributed by atoms with E-state index in [1.165, 1.54) is 6.07 Å². The summed E-state index contributed by atoms with van der Waals surface area (Å²) >= 11 is 0. The zero-order chi connectivity index (χ0) is 18.0. The predicted octanol–water partition coefficient (Wildman–Crippen LogP) is 2.70. The van der Waals surface area contributed by atoms with E-state index in [4.69, 9.17) is 4.42 Å². The Morgan fingerprint density at radius 2 is 1.72 bits per heavy atom. The van der Waals surface area contributed by atoms with Gasteiger partial charge < -0.3 is 4.42 Å². The summed E-state index contributed by atoms with van der Waals surface area (Å²) in [5.41, 5.74) is 1.77. The average molecular weight is 357 g/mol. The second-order valence-electron chi connectivity index (χ2n) is 5.50. The van der Waals surface area contributed by atoms with E-state index < -0.39 is 15.7 Å². The van der Waals surface area contributed by atoms with Crippen LogP contribution in [0.4, 0.5) is 6.01 Å². The van der Waals surface area contributed by atoms with Crippen molar-refractivity contribution in [2.45, 2.75) is 11.8 Å². The molecule has 1 aromatic heterocycles. The number of nitrogens with zero attached hydrogens (tertiary/aromatic N) is 2. The Balaban J connectivity index is 1.87. The fourth-order valence-electron chi connectivity index (χ4n) is 2.22. The number of rotatable bonds is 4. The molecule has 0 bridgehead atoms. The minimum absolute atomic E-state index is 0.0141. The van der Waals surface area contributed by atoms with E-state index in [0.29, 0.717) is 5.56 Å². The minimum atomic E-state index is -3.46. The molecule has 0 atom stereocenters. The van der Waals surface area contributed by atoms with E-state index in [-0.39, 0.29) is 22.4 Å². The summed E-state index contributed by atoms with van der Waals surface area (Å²) < 4.78 is 29.1. The summed E-state index contributed by atoms with van der Waals surface area (Å²) in [4.78, 5) is 12.2. The molecule has 2 aromatic carbocycles. The molecule has 0 fully saturated rings. The van der Waals surface area contributed by atoms with Crippen molar-refractivity contribution in [1.29, 1.82) is 0 Å². The number of amides is 1. The van der Waals surface area contributed by atoms with Gasteiger partial charge in [-0.15, -0.1) is 5.10 Å². The van der Waals surface area contributed by atoms with Gasteiger partial charge in [0.1, 0.15) is 0 Å². The van der Waals surface area contributed by atoms with Gasteiger partial charge >= 0.3 is 6.01 Å². The van der Waals surface area contributed by atoms with Crippen molar-refractivity contribution in [3.63, 3.8) is 0 Å². The van der Waals surface area contributed by atoms with Crippen molar-refractivity contribution in [1.82, 2.24) is 10.2 Å². The van der Waals surface area contributed by atoms with Gasteiger partial charge in [0.25, 0.3) is 11.8 Å². The predicted molar refractivity (Wildman–Crippen MR) is 92.0 cm³/mol. The number of sulfone groups is 1. The van der Waals surface area contributed by atoms with Crippen LogP contribution in [0.5, 0.6) is 0 Å². The maximum Gasteiger partial charge on any atom is 0.322 e. The fourth-order valence-corrected chi connectivity index (χ4v) is 3.10. The van der Waals surface area contributed by atoms with E-state index in [0.717, 1.165) is 11.8 Å². The van der Waals surface area contributed by atoms with Gasteiger partial charge in [-0.3, -0.25) is 10.1 Å². The Labute approximate surface area is 144 Å². The number of nitrogens with one attached hydrogen (secondary N) is 1. The highest BCUT2D eigenvalue weighted by Gasteiger charge is 2.19. The Bertz CT molecular complexity index is 1020. The monoisotopic (exact) mass is 357 g/mol. The number of hydrogen-bond acceptors (Lipinski definition) is 6. The zero-order valence-corrected chi connectivity index (χ0v) is 14.4. The van der Waals surface area contributed by atoms with Gasteiger partial charge in [0.15, 0.2) is 9.84 Å². The lowest BCUT2D eigenvalue weighted by atomic mass is 10.1. The van der Waals surface area contributed by atoms with E-state index in [2.05, 4.69) is 15.5 Å². The maximum atomic E-state index is 12.2. The first-order valence-corrected chi connectivity index (χ1v) is 9.25. The van der Waals surface area contributed by atoms with Crippen molar-refractivity contribution < 1.29 is 17.6 Å².